The van der Waals surface area contributed by atoms with Gasteiger partial charge in [0.25, 0.3) is 5.91 Å². The van der Waals surface area contributed by atoms with Crippen molar-refractivity contribution in [3.8, 4) is 0 Å². The quantitative estimate of drug-likeness (QED) is 0.899. The van der Waals surface area contributed by atoms with Gasteiger partial charge < -0.3 is 15.5 Å². The number of carbonyl (C=O) groups excluding carboxylic acids is 2. The number of nitrogens with zero attached hydrogens (tertiary/aromatic N) is 1. The molecule has 1 aliphatic heterocycles. The lowest BCUT2D eigenvalue weighted by atomic mass is 9.99. The predicted molar refractivity (Wildman–Crippen MR) is 83.7 cm³/mol. The Balaban J connectivity index is 2.28. The molecule has 0 spiro atoms. The first-order chi connectivity index (χ1) is 9.83. The summed E-state index contributed by atoms with van der Waals surface area (Å²) in [7, 11) is 3.34. The molecule has 1 aromatic carbocycles. The number of anilines is 1. The standard InChI is InChI=1S/C15H20ClN3O2/c1-15(7-4-8-17-15)14(21)18-12-9-10(16)5-6-11(12)13(20)19(2)3/h5-6,9,17H,4,7-8H2,1-3H3,(H,18,21). The van der Waals surface area contributed by atoms with E-state index in [0.29, 0.717) is 16.3 Å². The molecule has 1 fully saturated rings. The molecule has 0 saturated carbocycles. The summed E-state index contributed by atoms with van der Waals surface area (Å²) >= 11 is 5.99. The van der Waals surface area contributed by atoms with Gasteiger partial charge in [-0.15, -0.1) is 0 Å². The zero-order chi connectivity index (χ0) is 15.6. The molecule has 21 heavy (non-hydrogen) atoms. The van der Waals surface area contributed by atoms with Gasteiger partial charge in [0.2, 0.25) is 5.91 Å². The first-order valence-electron chi connectivity index (χ1n) is 6.91. The summed E-state index contributed by atoms with van der Waals surface area (Å²) in [5.41, 5.74) is 0.279. The van der Waals surface area contributed by atoms with Crippen LogP contribution in [0.1, 0.15) is 30.1 Å². The second-order valence-electron chi connectivity index (χ2n) is 5.71. The Morgan fingerprint density at radius 2 is 2.10 bits per heavy atom. The molecule has 0 aromatic heterocycles. The average Bonchev–Trinajstić information content (AvgIpc) is 2.86. The topological polar surface area (TPSA) is 61.4 Å². The van der Waals surface area contributed by atoms with Gasteiger partial charge in [0.1, 0.15) is 0 Å². The molecule has 6 heteroatoms. The van der Waals surface area contributed by atoms with Crippen molar-refractivity contribution in [1.29, 1.82) is 0 Å². The Morgan fingerprint density at radius 1 is 1.38 bits per heavy atom. The van der Waals surface area contributed by atoms with Crippen molar-refractivity contribution in [2.24, 2.45) is 0 Å². The summed E-state index contributed by atoms with van der Waals surface area (Å²) in [6, 6.07) is 4.88. The van der Waals surface area contributed by atoms with E-state index in [1.165, 1.54) is 4.90 Å². The summed E-state index contributed by atoms with van der Waals surface area (Å²) in [4.78, 5) is 26.1. The highest BCUT2D eigenvalue weighted by Crippen LogP contribution is 2.25. The minimum Gasteiger partial charge on any atom is -0.345 e. The first-order valence-corrected chi connectivity index (χ1v) is 7.29. The van der Waals surface area contributed by atoms with Gasteiger partial charge in [-0.25, -0.2) is 0 Å². The van der Waals surface area contributed by atoms with Crippen molar-refractivity contribution in [3.63, 3.8) is 0 Å². The molecule has 1 saturated heterocycles. The van der Waals surface area contributed by atoms with Gasteiger partial charge in [0, 0.05) is 19.1 Å². The van der Waals surface area contributed by atoms with Crippen LogP contribution in [0.25, 0.3) is 0 Å². The van der Waals surface area contributed by atoms with Gasteiger partial charge in [-0.1, -0.05) is 11.6 Å². The van der Waals surface area contributed by atoms with Gasteiger partial charge in [0.15, 0.2) is 0 Å². The van der Waals surface area contributed by atoms with Crippen molar-refractivity contribution in [1.82, 2.24) is 10.2 Å². The SMILES string of the molecule is CN(C)C(=O)c1ccc(Cl)cc1NC(=O)C1(C)CCCN1. The maximum Gasteiger partial charge on any atom is 0.255 e. The largest absolute Gasteiger partial charge is 0.345 e. The lowest BCUT2D eigenvalue weighted by molar-refractivity contribution is -0.121. The number of amides is 2. The van der Waals surface area contributed by atoms with Gasteiger partial charge >= 0.3 is 0 Å². The second kappa shape index (κ2) is 6.03. The molecular weight excluding hydrogens is 290 g/mol. The van der Waals surface area contributed by atoms with E-state index >= 15 is 0 Å². The van der Waals surface area contributed by atoms with E-state index in [0.717, 1.165) is 19.4 Å². The molecule has 0 aliphatic carbocycles. The van der Waals surface area contributed by atoms with Crippen LogP contribution in [0.5, 0.6) is 0 Å². The van der Waals surface area contributed by atoms with Crippen LogP contribution < -0.4 is 10.6 Å². The van der Waals surface area contributed by atoms with E-state index < -0.39 is 5.54 Å². The minimum atomic E-state index is -0.596. The molecular formula is C15H20ClN3O2. The lowest BCUT2D eigenvalue weighted by Crippen LogP contribution is -2.48. The first kappa shape index (κ1) is 15.8. The molecule has 1 unspecified atom stereocenters. The number of benzene rings is 1. The number of halogens is 1. The normalized spacial score (nSPS) is 21.1. The highest BCUT2D eigenvalue weighted by Gasteiger charge is 2.36. The van der Waals surface area contributed by atoms with Crippen molar-refractivity contribution >= 4 is 29.1 Å². The zero-order valence-electron chi connectivity index (χ0n) is 12.5. The third-order valence-corrected chi connectivity index (χ3v) is 3.97. The summed E-state index contributed by atoms with van der Waals surface area (Å²) in [6.45, 7) is 2.69. The average molecular weight is 310 g/mol. The number of hydrogen-bond donors (Lipinski definition) is 2. The molecule has 0 bridgehead atoms. The second-order valence-corrected chi connectivity index (χ2v) is 6.14. The van der Waals surface area contributed by atoms with Crippen LogP contribution in [0.3, 0.4) is 0 Å². The maximum atomic E-state index is 12.5. The van der Waals surface area contributed by atoms with Gasteiger partial charge in [0.05, 0.1) is 16.8 Å². The molecule has 1 aliphatic rings. The van der Waals surface area contributed by atoms with Crippen LogP contribution in [-0.4, -0.2) is 42.9 Å². The Morgan fingerprint density at radius 3 is 2.67 bits per heavy atom. The van der Waals surface area contributed by atoms with Crippen LogP contribution in [0, 0.1) is 0 Å². The fraction of sp³-hybridized carbons (Fsp3) is 0.467. The van der Waals surface area contributed by atoms with Crippen LogP contribution in [0.4, 0.5) is 5.69 Å². The Labute approximate surface area is 129 Å². The predicted octanol–water partition coefficient (Wildman–Crippen LogP) is 2.12. The maximum absolute atomic E-state index is 12.5. The molecule has 5 nitrogen and oxygen atoms in total. The van der Waals surface area contributed by atoms with Crippen molar-refractivity contribution in [2.45, 2.75) is 25.3 Å². The smallest absolute Gasteiger partial charge is 0.255 e. The van der Waals surface area contributed by atoms with Gasteiger partial charge in [-0.3, -0.25) is 9.59 Å². The van der Waals surface area contributed by atoms with Crippen LogP contribution >= 0.6 is 11.6 Å². The van der Waals surface area contributed by atoms with E-state index in [2.05, 4.69) is 10.6 Å². The Hall–Kier alpha value is -1.59. The molecule has 2 amide bonds. The van der Waals surface area contributed by atoms with Gasteiger partial charge in [-0.05, 0) is 44.5 Å². The summed E-state index contributed by atoms with van der Waals surface area (Å²) in [6.07, 6.45) is 1.74. The summed E-state index contributed by atoms with van der Waals surface area (Å²) < 4.78 is 0. The third kappa shape index (κ3) is 3.36. The highest BCUT2D eigenvalue weighted by molar-refractivity contribution is 6.31. The highest BCUT2D eigenvalue weighted by atomic mass is 35.5. The molecule has 2 rings (SSSR count). The monoisotopic (exact) mass is 309 g/mol. The van der Waals surface area contributed by atoms with Crippen LogP contribution in [0.15, 0.2) is 18.2 Å². The van der Waals surface area contributed by atoms with E-state index in [9.17, 15) is 9.59 Å². The van der Waals surface area contributed by atoms with Gasteiger partial charge in [-0.2, -0.15) is 0 Å². The van der Waals surface area contributed by atoms with Crippen LogP contribution in [-0.2, 0) is 4.79 Å². The zero-order valence-corrected chi connectivity index (χ0v) is 13.3. The van der Waals surface area contributed by atoms with Crippen molar-refractivity contribution in [2.75, 3.05) is 26.0 Å². The summed E-state index contributed by atoms with van der Waals surface area (Å²) in [5.74, 6) is -0.318. The minimum absolute atomic E-state index is 0.143. The van der Waals surface area contributed by atoms with E-state index in [4.69, 9.17) is 11.6 Å². The fourth-order valence-corrected chi connectivity index (χ4v) is 2.57. The summed E-state index contributed by atoms with van der Waals surface area (Å²) in [5, 5.41) is 6.51. The van der Waals surface area contributed by atoms with Crippen molar-refractivity contribution in [3.05, 3.63) is 28.8 Å². The fourth-order valence-electron chi connectivity index (χ4n) is 2.40. The molecule has 0 radical (unpaired) electrons. The molecule has 1 aromatic rings. The lowest BCUT2D eigenvalue weighted by Gasteiger charge is -2.24. The Kier molecular flexibility index (Phi) is 4.54. The number of carbonyl (C=O) groups is 2. The molecule has 1 heterocycles. The van der Waals surface area contributed by atoms with E-state index in [1.807, 2.05) is 6.92 Å². The molecule has 1 atom stereocenters. The third-order valence-electron chi connectivity index (χ3n) is 3.74. The van der Waals surface area contributed by atoms with Crippen molar-refractivity contribution < 1.29 is 9.59 Å². The van der Waals surface area contributed by atoms with E-state index in [-0.39, 0.29) is 11.8 Å². The van der Waals surface area contributed by atoms with E-state index in [1.54, 1.807) is 32.3 Å². The number of hydrogen-bond acceptors (Lipinski definition) is 3. The van der Waals surface area contributed by atoms with Crippen LogP contribution in [0.2, 0.25) is 5.02 Å². The molecule has 2 N–H and O–H groups in total. The molecule has 114 valence electrons. The Bertz CT molecular complexity index is 566. The number of rotatable bonds is 3. The number of nitrogens with one attached hydrogen (secondary N) is 2.